The van der Waals surface area contributed by atoms with Crippen molar-refractivity contribution in [3.8, 4) is 5.75 Å². The van der Waals surface area contributed by atoms with E-state index in [-0.39, 0.29) is 5.91 Å². The van der Waals surface area contributed by atoms with Gasteiger partial charge in [-0.15, -0.1) is 0 Å². The first-order valence-electron chi connectivity index (χ1n) is 7.18. The van der Waals surface area contributed by atoms with Gasteiger partial charge < -0.3 is 14.8 Å². The zero-order valence-electron chi connectivity index (χ0n) is 13.7. The lowest BCUT2D eigenvalue weighted by molar-refractivity contribution is -0.121. The van der Waals surface area contributed by atoms with Crippen molar-refractivity contribution in [2.24, 2.45) is 0 Å². The predicted molar refractivity (Wildman–Crippen MR) is 88.6 cm³/mol. The fraction of sp³-hybridized carbons (Fsp3) is 0.533. The first-order valence-corrected chi connectivity index (χ1v) is 7.97. The number of carbonyl (C=O) groups excluding carboxylic acids is 2. The molecule has 126 valence electrons. The number of rotatable bonds is 1. The van der Waals surface area contributed by atoms with Crippen molar-refractivity contribution in [2.45, 2.75) is 45.4 Å². The van der Waals surface area contributed by atoms with Gasteiger partial charge in [0, 0.05) is 17.7 Å². The van der Waals surface area contributed by atoms with Crippen molar-refractivity contribution < 1.29 is 19.1 Å². The fourth-order valence-corrected chi connectivity index (χ4v) is 2.46. The largest absolute Gasteiger partial charge is 0.484 e. The highest BCUT2D eigenvalue weighted by molar-refractivity contribution is 9.10. The maximum atomic E-state index is 12.6. The Morgan fingerprint density at radius 2 is 2.13 bits per heavy atom. The van der Waals surface area contributed by atoms with Crippen molar-refractivity contribution in [3.05, 3.63) is 16.7 Å². The van der Waals surface area contributed by atoms with Crippen LogP contribution in [0.25, 0.3) is 0 Å². The summed E-state index contributed by atoms with van der Waals surface area (Å²) >= 11 is 3.32. The lowest BCUT2D eigenvalue weighted by Crippen LogP contribution is -2.54. The first-order chi connectivity index (χ1) is 10.6. The lowest BCUT2D eigenvalue weighted by Gasteiger charge is -2.26. The summed E-state index contributed by atoms with van der Waals surface area (Å²) < 4.78 is 11.7. The van der Waals surface area contributed by atoms with E-state index in [0.717, 1.165) is 4.47 Å². The van der Waals surface area contributed by atoms with Crippen LogP contribution in [0, 0.1) is 0 Å². The molecule has 2 heterocycles. The number of hydrogen-bond donors (Lipinski definition) is 1. The van der Waals surface area contributed by atoms with Gasteiger partial charge in [-0.05, 0) is 49.7 Å². The third-order valence-corrected chi connectivity index (χ3v) is 3.60. The number of alkyl carbamates (subject to hydrolysis) is 1. The summed E-state index contributed by atoms with van der Waals surface area (Å²) in [6, 6.07) is 0.862. The molecule has 0 spiro atoms. The molecule has 0 bridgehead atoms. The van der Waals surface area contributed by atoms with Crippen LogP contribution in [0.4, 0.5) is 10.6 Å². The molecule has 8 heteroatoms. The molecular formula is C15H20BrN3O4. The van der Waals surface area contributed by atoms with Crippen molar-refractivity contribution in [3.63, 3.8) is 0 Å². The van der Waals surface area contributed by atoms with Crippen molar-refractivity contribution >= 4 is 33.7 Å². The van der Waals surface area contributed by atoms with Gasteiger partial charge in [-0.1, -0.05) is 0 Å². The zero-order chi connectivity index (χ0) is 17.4. The summed E-state index contributed by atoms with van der Waals surface area (Å²) in [6.07, 6.45) is 0.341. The van der Waals surface area contributed by atoms with E-state index in [2.05, 4.69) is 26.2 Å². The molecule has 0 fully saturated rings. The number of halogens is 1. The molecule has 0 aromatic carbocycles. The molecule has 2 rings (SSSR count). The average molecular weight is 386 g/mol. The van der Waals surface area contributed by atoms with Crippen LogP contribution in [0.15, 0.2) is 16.7 Å². The molecule has 2 amide bonds. The van der Waals surface area contributed by atoms with Gasteiger partial charge in [-0.3, -0.25) is 9.69 Å². The number of anilines is 1. The molecule has 1 aromatic heterocycles. The van der Waals surface area contributed by atoms with E-state index < -0.39 is 23.8 Å². The average Bonchev–Trinajstić information content (AvgIpc) is 2.48. The number of nitrogens with zero attached hydrogens (tertiary/aromatic N) is 2. The molecule has 1 N–H and O–H groups in total. The third kappa shape index (κ3) is 4.13. The molecular weight excluding hydrogens is 366 g/mol. The van der Waals surface area contributed by atoms with Crippen molar-refractivity contribution in [1.82, 2.24) is 10.3 Å². The van der Waals surface area contributed by atoms with Gasteiger partial charge in [-0.2, -0.15) is 0 Å². The minimum atomic E-state index is -0.872. The van der Waals surface area contributed by atoms with Crippen LogP contribution in [0.1, 0.15) is 27.7 Å². The topological polar surface area (TPSA) is 80.8 Å². The van der Waals surface area contributed by atoms with Crippen LogP contribution in [0.2, 0.25) is 0 Å². The molecule has 1 aromatic rings. The lowest BCUT2D eigenvalue weighted by atomic mass is 10.1. The Morgan fingerprint density at radius 1 is 1.48 bits per heavy atom. The van der Waals surface area contributed by atoms with Crippen molar-refractivity contribution in [2.75, 3.05) is 11.9 Å². The second-order valence-electron chi connectivity index (χ2n) is 6.32. The minimum absolute atomic E-state index is 0.322. The standard InChI is InChI=1S/C15H20BrN3O4/c1-8-11(18-14(21)23-15(2,3)4)13(20)19(5)12-10(22-8)6-9(16)7-17-12/h6-8,11H,1-5H3,(H,18,21)/t8-,11+/m1/s1. The highest BCUT2D eigenvalue weighted by Crippen LogP contribution is 2.32. The second-order valence-corrected chi connectivity index (χ2v) is 7.24. The highest BCUT2D eigenvalue weighted by atomic mass is 79.9. The van der Waals surface area contributed by atoms with Gasteiger partial charge in [0.2, 0.25) is 0 Å². The maximum Gasteiger partial charge on any atom is 0.408 e. The minimum Gasteiger partial charge on any atom is -0.484 e. The highest BCUT2D eigenvalue weighted by Gasteiger charge is 2.37. The molecule has 0 radical (unpaired) electrons. The molecule has 0 saturated heterocycles. The van der Waals surface area contributed by atoms with Gasteiger partial charge in [0.1, 0.15) is 17.7 Å². The Kier molecular flexibility index (Phi) is 4.84. The molecule has 7 nitrogen and oxygen atoms in total. The predicted octanol–water partition coefficient (Wildman–Crippen LogP) is 2.48. The second kappa shape index (κ2) is 6.35. The molecule has 1 aliphatic heterocycles. The quantitative estimate of drug-likeness (QED) is 0.802. The fourth-order valence-electron chi connectivity index (χ4n) is 2.15. The number of pyridine rings is 1. The van der Waals surface area contributed by atoms with Crippen LogP contribution >= 0.6 is 15.9 Å². The number of amides is 2. The van der Waals surface area contributed by atoms with E-state index in [4.69, 9.17) is 9.47 Å². The number of fused-ring (bicyclic) bond motifs is 1. The Balaban J connectivity index is 2.24. The zero-order valence-corrected chi connectivity index (χ0v) is 15.3. The SMILES string of the molecule is C[C@H]1Oc2cc(Br)cnc2N(C)C(=O)[C@H]1NC(=O)OC(C)(C)C. The molecule has 2 atom stereocenters. The van der Waals surface area contributed by atoms with Gasteiger partial charge in [0.05, 0.1) is 0 Å². The normalized spacial score (nSPS) is 21.1. The molecule has 1 aliphatic rings. The van der Waals surface area contributed by atoms with E-state index in [1.54, 1.807) is 47.0 Å². The van der Waals surface area contributed by atoms with Crippen LogP contribution in [-0.4, -0.2) is 41.8 Å². The number of nitrogens with one attached hydrogen (secondary N) is 1. The summed E-state index contributed by atoms with van der Waals surface area (Å²) in [4.78, 5) is 30.2. The third-order valence-electron chi connectivity index (χ3n) is 3.17. The van der Waals surface area contributed by atoms with E-state index in [1.807, 2.05) is 0 Å². The first kappa shape index (κ1) is 17.5. The van der Waals surface area contributed by atoms with E-state index in [9.17, 15) is 9.59 Å². The number of hydrogen-bond acceptors (Lipinski definition) is 5. The van der Waals surface area contributed by atoms with E-state index >= 15 is 0 Å². The summed E-state index contributed by atoms with van der Waals surface area (Å²) in [6.45, 7) is 6.98. The number of ether oxygens (including phenoxy) is 2. The number of aromatic nitrogens is 1. The Labute approximate surface area is 143 Å². The number of likely N-dealkylation sites (N-methyl/N-ethyl adjacent to an activating group) is 1. The Hall–Kier alpha value is -1.83. The van der Waals surface area contributed by atoms with Crippen LogP contribution in [0.5, 0.6) is 5.75 Å². The molecule has 23 heavy (non-hydrogen) atoms. The van der Waals surface area contributed by atoms with Gasteiger partial charge in [-0.25, -0.2) is 9.78 Å². The summed E-state index contributed by atoms with van der Waals surface area (Å²) in [5.41, 5.74) is -0.650. The summed E-state index contributed by atoms with van der Waals surface area (Å²) in [5, 5.41) is 2.58. The van der Waals surface area contributed by atoms with Crippen LogP contribution in [0.3, 0.4) is 0 Å². The van der Waals surface area contributed by atoms with Crippen LogP contribution in [-0.2, 0) is 9.53 Å². The smallest absolute Gasteiger partial charge is 0.408 e. The van der Waals surface area contributed by atoms with Gasteiger partial charge in [0.15, 0.2) is 11.6 Å². The summed E-state index contributed by atoms with van der Waals surface area (Å²) in [5.74, 6) is 0.548. The van der Waals surface area contributed by atoms with Crippen molar-refractivity contribution in [1.29, 1.82) is 0 Å². The Bertz CT molecular complexity index is 630. The van der Waals surface area contributed by atoms with E-state index in [0.29, 0.717) is 11.6 Å². The molecule has 0 saturated carbocycles. The number of carbonyl (C=O) groups is 2. The van der Waals surface area contributed by atoms with Gasteiger partial charge >= 0.3 is 6.09 Å². The van der Waals surface area contributed by atoms with E-state index in [1.165, 1.54) is 4.90 Å². The molecule has 0 unspecified atom stereocenters. The summed E-state index contributed by atoms with van der Waals surface area (Å²) in [7, 11) is 1.59. The van der Waals surface area contributed by atoms with Crippen LogP contribution < -0.4 is 15.0 Å². The monoisotopic (exact) mass is 385 g/mol. The Morgan fingerprint density at radius 3 is 2.74 bits per heavy atom. The van der Waals surface area contributed by atoms with Gasteiger partial charge in [0.25, 0.3) is 5.91 Å². The molecule has 0 aliphatic carbocycles. The maximum absolute atomic E-state index is 12.6.